The molecule has 0 saturated carbocycles. The third kappa shape index (κ3) is 4.48. The Balaban J connectivity index is 2.10. The van der Waals surface area contributed by atoms with Crippen LogP contribution in [0.1, 0.15) is 23.1 Å². The summed E-state index contributed by atoms with van der Waals surface area (Å²) in [5.41, 5.74) is -0.253. The van der Waals surface area contributed by atoms with Crippen LogP contribution in [0, 0.1) is 18.3 Å². The Kier molecular flexibility index (Phi) is 6.32. The number of nitrogens with zero attached hydrogens (tertiary/aromatic N) is 5. The molecule has 2 atom stereocenters. The van der Waals surface area contributed by atoms with Crippen LogP contribution in [0.5, 0.6) is 0 Å². The predicted octanol–water partition coefficient (Wildman–Crippen LogP) is 2.95. The lowest BCUT2D eigenvalue weighted by molar-refractivity contribution is -0.137. The van der Waals surface area contributed by atoms with E-state index >= 15 is 0 Å². The van der Waals surface area contributed by atoms with Crippen LogP contribution in [0.25, 0.3) is 0 Å². The van der Waals surface area contributed by atoms with E-state index in [-0.39, 0.29) is 24.6 Å². The predicted molar refractivity (Wildman–Crippen MR) is 115 cm³/mol. The van der Waals surface area contributed by atoms with Gasteiger partial charge < -0.3 is 19.8 Å². The van der Waals surface area contributed by atoms with Crippen molar-refractivity contribution in [2.75, 3.05) is 42.4 Å². The maximum Gasteiger partial charge on any atom is 0.417 e. The topological polar surface area (TPSA) is 83.7 Å². The summed E-state index contributed by atoms with van der Waals surface area (Å²) in [7, 11) is 4.63. The Labute approximate surface area is 184 Å². The lowest BCUT2D eigenvalue weighted by Crippen LogP contribution is -2.45. The molecule has 0 bridgehead atoms. The molecule has 0 radical (unpaired) electrons. The number of β-amino-alcohol motifs (C(OH)–C–C–N with tert-alkyl or cyclic N) is 1. The van der Waals surface area contributed by atoms with Gasteiger partial charge in [-0.1, -0.05) is 12.1 Å². The quantitative estimate of drug-likeness (QED) is 0.776. The van der Waals surface area contributed by atoms with Crippen molar-refractivity contribution < 1.29 is 23.1 Å². The molecule has 1 aliphatic rings. The van der Waals surface area contributed by atoms with Gasteiger partial charge in [0.15, 0.2) is 0 Å². The van der Waals surface area contributed by atoms with Gasteiger partial charge in [-0.2, -0.15) is 18.4 Å². The first-order valence-electron chi connectivity index (χ1n) is 9.92. The number of benzene rings is 1. The summed E-state index contributed by atoms with van der Waals surface area (Å²) in [6.45, 7) is 1.76. The van der Waals surface area contributed by atoms with Gasteiger partial charge >= 0.3 is 6.18 Å². The van der Waals surface area contributed by atoms with Gasteiger partial charge in [-0.15, -0.1) is 0 Å². The Morgan fingerprint density at radius 2 is 1.97 bits per heavy atom. The largest absolute Gasteiger partial charge is 0.417 e. The minimum atomic E-state index is -4.79. The van der Waals surface area contributed by atoms with E-state index in [4.69, 9.17) is 0 Å². The van der Waals surface area contributed by atoms with Gasteiger partial charge in [-0.3, -0.25) is 4.79 Å². The number of aliphatic hydroxyl groups excluding tert-OH is 1. The molecule has 1 aromatic carbocycles. The smallest absolute Gasteiger partial charge is 0.391 e. The number of pyridine rings is 1. The van der Waals surface area contributed by atoms with Crippen LogP contribution in [0.2, 0.25) is 0 Å². The average Bonchev–Trinajstić information content (AvgIpc) is 3.12. The summed E-state index contributed by atoms with van der Waals surface area (Å²) in [4.78, 5) is 21.7. The SMILES string of the molecule is Cc1cccc(N(C)C(=O)[C@@H]2C[C@H](O)CN2c2nc(N(C)C)cc(C(F)(F)F)c2C#N)c1. The first kappa shape index (κ1) is 23.3. The number of aliphatic hydroxyl groups is 1. The zero-order valence-electron chi connectivity index (χ0n) is 18.2. The Morgan fingerprint density at radius 3 is 2.53 bits per heavy atom. The molecule has 1 aromatic heterocycles. The highest BCUT2D eigenvalue weighted by molar-refractivity contribution is 5.99. The van der Waals surface area contributed by atoms with Gasteiger partial charge in [0, 0.05) is 39.8 Å². The van der Waals surface area contributed by atoms with Gasteiger partial charge in [0.2, 0.25) is 5.91 Å². The van der Waals surface area contributed by atoms with Crippen molar-refractivity contribution in [2.24, 2.45) is 0 Å². The summed E-state index contributed by atoms with van der Waals surface area (Å²) < 4.78 is 41.2. The molecule has 0 unspecified atom stereocenters. The fraction of sp³-hybridized carbons (Fsp3) is 0.409. The van der Waals surface area contributed by atoms with Crippen molar-refractivity contribution in [2.45, 2.75) is 31.7 Å². The standard InChI is InChI=1S/C22H24F3N5O2/c1-13-6-5-7-14(8-13)29(4)21(32)18-9-15(31)12-30(18)20-16(11-26)17(22(23,24)25)10-19(27-20)28(2)3/h5-8,10,15,18,31H,9,12H2,1-4H3/t15-,18-/m0/s1. The molecular weight excluding hydrogens is 423 g/mol. The third-order valence-corrected chi connectivity index (χ3v) is 5.42. The van der Waals surface area contributed by atoms with Gasteiger partial charge in [0.05, 0.1) is 11.7 Å². The van der Waals surface area contributed by atoms with Gasteiger partial charge in [-0.25, -0.2) is 4.98 Å². The van der Waals surface area contributed by atoms with Crippen LogP contribution in [0.3, 0.4) is 0 Å². The number of aryl methyl sites for hydroxylation is 1. The molecule has 1 saturated heterocycles. The lowest BCUT2D eigenvalue weighted by Gasteiger charge is -2.30. The highest BCUT2D eigenvalue weighted by Crippen LogP contribution is 2.39. The molecule has 1 amide bonds. The molecule has 1 fully saturated rings. The molecule has 1 aliphatic heterocycles. The van der Waals surface area contributed by atoms with Gasteiger partial charge in [0.25, 0.3) is 0 Å². The fourth-order valence-electron chi connectivity index (χ4n) is 3.76. The maximum atomic E-state index is 13.7. The summed E-state index contributed by atoms with van der Waals surface area (Å²) in [6.07, 6.45) is -5.74. The van der Waals surface area contributed by atoms with E-state index in [1.165, 1.54) is 28.8 Å². The van der Waals surface area contributed by atoms with E-state index < -0.39 is 35.4 Å². The number of nitriles is 1. The summed E-state index contributed by atoms with van der Waals surface area (Å²) in [5.74, 6) is -0.689. The molecule has 7 nitrogen and oxygen atoms in total. The first-order chi connectivity index (χ1) is 14.9. The highest BCUT2D eigenvalue weighted by Gasteiger charge is 2.43. The van der Waals surface area contributed by atoms with E-state index in [2.05, 4.69) is 4.98 Å². The van der Waals surface area contributed by atoms with E-state index in [1.807, 2.05) is 13.0 Å². The number of likely N-dealkylation sites (N-methyl/N-ethyl adjacent to an activating group) is 1. The number of aromatic nitrogens is 1. The van der Waals surface area contributed by atoms with Crippen molar-refractivity contribution in [1.29, 1.82) is 5.26 Å². The molecule has 3 rings (SSSR count). The lowest BCUT2D eigenvalue weighted by atomic mass is 10.1. The summed E-state index contributed by atoms with van der Waals surface area (Å²) in [6, 6.07) is 8.66. The second-order valence-corrected chi connectivity index (χ2v) is 8.02. The molecule has 10 heteroatoms. The number of carbonyl (C=O) groups is 1. The number of halogens is 3. The fourth-order valence-corrected chi connectivity index (χ4v) is 3.76. The Bertz CT molecular complexity index is 1060. The van der Waals surface area contributed by atoms with Crippen LogP contribution in [-0.2, 0) is 11.0 Å². The second kappa shape index (κ2) is 8.67. The molecule has 1 N–H and O–H groups in total. The molecule has 32 heavy (non-hydrogen) atoms. The number of amides is 1. The number of alkyl halides is 3. The van der Waals surface area contributed by atoms with Crippen LogP contribution in [-0.4, -0.2) is 55.8 Å². The second-order valence-electron chi connectivity index (χ2n) is 8.02. The number of hydrogen-bond donors (Lipinski definition) is 1. The zero-order valence-corrected chi connectivity index (χ0v) is 18.2. The average molecular weight is 447 g/mol. The minimum Gasteiger partial charge on any atom is -0.391 e. The molecule has 0 spiro atoms. The zero-order chi connectivity index (χ0) is 23.8. The summed E-state index contributed by atoms with van der Waals surface area (Å²) >= 11 is 0. The summed E-state index contributed by atoms with van der Waals surface area (Å²) in [5, 5.41) is 19.9. The van der Waals surface area contributed by atoms with E-state index in [9.17, 15) is 28.3 Å². The molecule has 2 aromatic rings. The van der Waals surface area contributed by atoms with Crippen molar-refractivity contribution in [3.8, 4) is 6.07 Å². The van der Waals surface area contributed by atoms with Gasteiger partial charge in [-0.05, 0) is 30.7 Å². The van der Waals surface area contributed by atoms with Crippen molar-refractivity contribution in [3.63, 3.8) is 0 Å². The normalized spacial score (nSPS) is 18.4. The number of rotatable bonds is 4. The molecular formula is C22H24F3N5O2. The molecule has 170 valence electrons. The van der Waals surface area contributed by atoms with Crippen LogP contribution in [0.15, 0.2) is 30.3 Å². The molecule has 2 heterocycles. The van der Waals surface area contributed by atoms with Crippen LogP contribution in [0.4, 0.5) is 30.5 Å². The molecule has 0 aliphatic carbocycles. The first-order valence-corrected chi connectivity index (χ1v) is 9.92. The Morgan fingerprint density at radius 1 is 1.28 bits per heavy atom. The van der Waals surface area contributed by atoms with E-state index in [0.29, 0.717) is 5.69 Å². The number of anilines is 3. The van der Waals surface area contributed by atoms with Crippen molar-refractivity contribution in [1.82, 2.24) is 4.98 Å². The van der Waals surface area contributed by atoms with Gasteiger partial charge in [0.1, 0.15) is 29.3 Å². The van der Waals surface area contributed by atoms with Crippen LogP contribution >= 0.6 is 0 Å². The number of carbonyl (C=O) groups excluding carboxylic acids is 1. The minimum absolute atomic E-state index is 0.00838. The number of hydrogen-bond acceptors (Lipinski definition) is 6. The monoisotopic (exact) mass is 447 g/mol. The van der Waals surface area contributed by atoms with E-state index in [0.717, 1.165) is 11.6 Å². The Hall–Kier alpha value is -3.32. The van der Waals surface area contributed by atoms with Crippen LogP contribution < -0.4 is 14.7 Å². The van der Waals surface area contributed by atoms with Crippen molar-refractivity contribution >= 4 is 23.2 Å². The van der Waals surface area contributed by atoms with E-state index in [1.54, 1.807) is 31.3 Å². The maximum absolute atomic E-state index is 13.7. The third-order valence-electron chi connectivity index (χ3n) is 5.42. The van der Waals surface area contributed by atoms with Crippen molar-refractivity contribution in [3.05, 3.63) is 47.0 Å². The highest BCUT2D eigenvalue weighted by atomic mass is 19.4.